The van der Waals surface area contributed by atoms with Crippen molar-refractivity contribution >= 4 is 45.7 Å². The van der Waals surface area contributed by atoms with Crippen molar-refractivity contribution in [2.45, 2.75) is 23.8 Å². The minimum atomic E-state index is -0.464. The molecule has 174 valence electrons. The fourth-order valence-electron chi connectivity index (χ4n) is 3.08. The van der Waals surface area contributed by atoms with E-state index < -0.39 is 5.25 Å². The normalized spacial score (nSPS) is 11.6. The van der Waals surface area contributed by atoms with Gasteiger partial charge in [0.05, 0.1) is 18.8 Å². The SMILES string of the molecule is COc1cccc(NC(=O)Cc2nnc(S[C@H](C)C(=O)Nc3nccs3)n2-c2ccccc2)c1. The van der Waals surface area contributed by atoms with Crippen molar-refractivity contribution in [3.63, 3.8) is 0 Å². The highest BCUT2D eigenvalue weighted by Gasteiger charge is 2.23. The number of para-hydroxylation sites is 1. The number of methoxy groups -OCH3 is 1. The van der Waals surface area contributed by atoms with Crippen LogP contribution in [-0.2, 0) is 16.0 Å². The number of hydrogen-bond donors (Lipinski definition) is 2. The number of thioether (sulfide) groups is 1. The van der Waals surface area contributed by atoms with Gasteiger partial charge in [0.25, 0.3) is 0 Å². The van der Waals surface area contributed by atoms with Crippen molar-refractivity contribution in [3.8, 4) is 11.4 Å². The number of benzene rings is 2. The fourth-order valence-corrected chi connectivity index (χ4v) is 4.50. The smallest absolute Gasteiger partial charge is 0.239 e. The van der Waals surface area contributed by atoms with Crippen LogP contribution in [-0.4, -0.2) is 43.9 Å². The minimum absolute atomic E-state index is 0.000638. The predicted octanol–water partition coefficient (Wildman–Crippen LogP) is 4.03. The Kier molecular flexibility index (Phi) is 7.55. The van der Waals surface area contributed by atoms with Crippen LogP contribution in [0.15, 0.2) is 71.3 Å². The molecule has 0 aliphatic rings. The van der Waals surface area contributed by atoms with Crippen molar-refractivity contribution in [1.82, 2.24) is 19.7 Å². The number of carbonyl (C=O) groups is 2. The average Bonchev–Trinajstić information content (AvgIpc) is 3.49. The molecular weight excluding hydrogens is 472 g/mol. The maximum atomic E-state index is 12.8. The highest BCUT2D eigenvalue weighted by molar-refractivity contribution is 8.00. The quantitative estimate of drug-likeness (QED) is 0.338. The van der Waals surface area contributed by atoms with E-state index in [1.807, 2.05) is 30.3 Å². The van der Waals surface area contributed by atoms with Crippen molar-refractivity contribution in [1.29, 1.82) is 0 Å². The van der Waals surface area contributed by atoms with Gasteiger partial charge in [-0.3, -0.25) is 14.2 Å². The zero-order valence-corrected chi connectivity index (χ0v) is 20.1. The summed E-state index contributed by atoms with van der Waals surface area (Å²) in [6.07, 6.45) is 1.63. The molecule has 0 spiro atoms. The molecule has 0 aliphatic carbocycles. The molecule has 2 N–H and O–H groups in total. The monoisotopic (exact) mass is 494 g/mol. The van der Waals surface area contributed by atoms with Crippen LogP contribution in [0.2, 0.25) is 0 Å². The lowest BCUT2D eigenvalue weighted by Crippen LogP contribution is -2.23. The highest BCUT2D eigenvalue weighted by Crippen LogP contribution is 2.27. The lowest BCUT2D eigenvalue weighted by atomic mass is 10.2. The summed E-state index contributed by atoms with van der Waals surface area (Å²) in [6, 6.07) is 16.6. The van der Waals surface area contributed by atoms with Gasteiger partial charge in [-0.05, 0) is 31.2 Å². The van der Waals surface area contributed by atoms with E-state index in [1.54, 1.807) is 54.4 Å². The third-order valence-electron chi connectivity index (χ3n) is 4.70. The topological polar surface area (TPSA) is 111 Å². The lowest BCUT2D eigenvalue weighted by molar-refractivity contribution is -0.116. The summed E-state index contributed by atoms with van der Waals surface area (Å²) in [6.45, 7) is 1.78. The standard InChI is InChI=1S/C23H22N6O3S2/c1-15(21(31)26-22-24-11-12-33-22)34-23-28-27-19(29(23)17-8-4-3-5-9-17)14-20(30)25-16-7-6-10-18(13-16)32-2/h3-13,15H,14H2,1-2H3,(H,25,30)(H,24,26,31)/t15-/m1/s1. The maximum Gasteiger partial charge on any atom is 0.239 e. The zero-order valence-electron chi connectivity index (χ0n) is 18.5. The van der Waals surface area contributed by atoms with Gasteiger partial charge in [0.15, 0.2) is 10.3 Å². The summed E-state index contributed by atoms with van der Waals surface area (Å²) >= 11 is 2.61. The summed E-state index contributed by atoms with van der Waals surface area (Å²) in [5.74, 6) is 0.666. The van der Waals surface area contributed by atoms with Gasteiger partial charge in [-0.25, -0.2) is 4.98 Å². The van der Waals surface area contributed by atoms with Crippen LogP contribution in [0.1, 0.15) is 12.7 Å². The summed E-state index contributed by atoms with van der Waals surface area (Å²) < 4.78 is 7.00. The minimum Gasteiger partial charge on any atom is -0.497 e. The van der Waals surface area contributed by atoms with E-state index >= 15 is 0 Å². The first-order valence-corrected chi connectivity index (χ1v) is 12.1. The van der Waals surface area contributed by atoms with Crippen molar-refractivity contribution in [2.75, 3.05) is 17.7 Å². The van der Waals surface area contributed by atoms with Crippen LogP contribution in [0.4, 0.5) is 10.8 Å². The number of ether oxygens (including phenoxy) is 1. The number of carbonyl (C=O) groups excluding carboxylic acids is 2. The van der Waals surface area contributed by atoms with E-state index in [9.17, 15) is 9.59 Å². The second-order valence-electron chi connectivity index (χ2n) is 7.11. The van der Waals surface area contributed by atoms with Gasteiger partial charge < -0.3 is 15.4 Å². The third-order valence-corrected chi connectivity index (χ3v) is 6.43. The fraction of sp³-hybridized carbons (Fsp3) is 0.174. The van der Waals surface area contributed by atoms with Gasteiger partial charge >= 0.3 is 0 Å². The number of thiazole rings is 1. The molecule has 11 heteroatoms. The molecule has 2 aromatic heterocycles. The number of rotatable bonds is 9. The number of amides is 2. The average molecular weight is 495 g/mol. The number of nitrogens with zero attached hydrogens (tertiary/aromatic N) is 4. The van der Waals surface area contributed by atoms with E-state index in [4.69, 9.17) is 4.74 Å². The van der Waals surface area contributed by atoms with Crippen LogP contribution >= 0.6 is 23.1 Å². The summed E-state index contributed by atoms with van der Waals surface area (Å²) in [7, 11) is 1.57. The van der Waals surface area contributed by atoms with Gasteiger partial charge in [-0.1, -0.05) is 36.0 Å². The van der Waals surface area contributed by atoms with Gasteiger partial charge in [-0.15, -0.1) is 21.5 Å². The van der Waals surface area contributed by atoms with E-state index in [2.05, 4.69) is 25.8 Å². The van der Waals surface area contributed by atoms with Gasteiger partial charge in [0.2, 0.25) is 11.8 Å². The molecule has 0 saturated carbocycles. The van der Waals surface area contributed by atoms with Gasteiger partial charge in [0, 0.05) is 29.0 Å². The van der Waals surface area contributed by atoms with Gasteiger partial charge in [0.1, 0.15) is 11.6 Å². The Labute approximate surface area is 204 Å². The molecule has 9 nitrogen and oxygen atoms in total. The second-order valence-corrected chi connectivity index (χ2v) is 9.32. The molecule has 4 aromatic rings. The van der Waals surface area contributed by atoms with Gasteiger partial charge in [-0.2, -0.15) is 0 Å². The molecule has 0 fully saturated rings. The molecule has 1 atom stereocenters. The Morgan fingerprint density at radius 3 is 2.68 bits per heavy atom. The molecule has 0 unspecified atom stereocenters. The Morgan fingerprint density at radius 1 is 1.12 bits per heavy atom. The Balaban J connectivity index is 1.53. The first kappa shape index (κ1) is 23.5. The Hall–Kier alpha value is -3.70. The number of nitrogens with one attached hydrogen (secondary N) is 2. The van der Waals surface area contributed by atoms with E-state index in [-0.39, 0.29) is 18.2 Å². The molecule has 0 bridgehead atoms. The summed E-state index contributed by atoms with van der Waals surface area (Å²) in [5.41, 5.74) is 1.42. The van der Waals surface area contributed by atoms with Crippen LogP contribution in [0.25, 0.3) is 5.69 Å². The highest BCUT2D eigenvalue weighted by atomic mass is 32.2. The number of anilines is 2. The molecule has 0 aliphatic heterocycles. The first-order valence-electron chi connectivity index (χ1n) is 10.3. The van der Waals surface area contributed by atoms with Crippen molar-refractivity contribution in [3.05, 3.63) is 72.0 Å². The van der Waals surface area contributed by atoms with Crippen molar-refractivity contribution in [2.24, 2.45) is 0 Å². The number of hydrogen-bond acceptors (Lipinski definition) is 8. The molecule has 2 heterocycles. The largest absolute Gasteiger partial charge is 0.497 e. The molecule has 0 saturated heterocycles. The van der Waals surface area contributed by atoms with Crippen LogP contribution < -0.4 is 15.4 Å². The van der Waals surface area contributed by atoms with Crippen LogP contribution in [0.5, 0.6) is 5.75 Å². The predicted molar refractivity (Wildman–Crippen MR) is 133 cm³/mol. The van der Waals surface area contributed by atoms with Crippen molar-refractivity contribution < 1.29 is 14.3 Å². The second kappa shape index (κ2) is 10.9. The van der Waals surface area contributed by atoms with Crippen LogP contribution in [0, 0.1) is 0 Å². The summed E-state index contributed by atoms with van der Waals surface area (Å²) in [5, 5.41) is 16.6. The van der Waals surface area contributed by atoms with E-state index in [1.165, 1.54) is 23.1 Å². The molecular formula is C23H22N6O3S2. The summed E-state index contributed by atoms with van der Waals surface area (Å²) in [4.78, 5) is 29.5. The zero-order chi connectivity index (χ0) is 23.9. The van der Waals surface area contributed by atoms with E-state index in [0.29, 0.717) is 27.5 Å². The molecule has 34 heavy (non-hydrogen) atoms. The lowest BCUT2D eigenvalue weighted by Gasteiger charge is -2.13. The first-order chi connectivity index (χ1) is 16.5. The maximum absolute atomic E-state index is 12.8. The number of aromatic nitrogens is 4. The molecule has 0 radical (unpaired) electrons. The molecule has 2 amide bonds. The molecule has 2 aromatic carbocycles. The third kappa shape index (κ3) is 5.80. The van der Waals surface area contributed by atoms with E-state index in [0.717, 1.165) is 5.69 Å². The Bertz CT molecular complexity index is 1260. The molecule has 4 rings (SSSR count). The Morgan fingerprint density at radius 2 is 1.94 bits per heavy atom. The van der Waals surface area contributed by atoms with Crippen LogP contribution in [0.3, 0.4) is 0 Å².